The Labute approximate surface area is 251 Å². The quantitative estimate of drug-likeness (QED) is 0.416. The summed E-state index contributed by atoms with van der Waals surface area (Å²) in [5, 5.41) is 22.3. The molecule has 5 rings (SSSR count). The number of rotatable bonds is 6. The van der Waals surface area contributed by atoms with Crippen LogP contribution in [0.2, 0.25) is 5.02 Å². The van der Waals surface area contributed by atoms with Gasteiger partial charge in [-0.25, -0.2) is 14.5 Å². The van der Waals surface area contributed by atoms with Crippen LogP contribution in [0.5, 0.6) is 11.6 Å². The Hall–Kier alpha value is -3.36. The van der Waals surface area contributed by atoms with Gasteiger partial charge in [-0.3, -0.25) is 0 Å². The number of hydrogen-bond acceptors (Lipinski definition) is 9. The Morgan fingerprint density at radius 3 is 2.35 bits per heavy atom. The van der Waals surface area contributed by atoms with Crippen molar-refractivity contribution in [3.05, 3.63) is 40.7 Å². The third-order valence-corrected chi connectivity index (χ3v) is 8.22. The molecule has 0 bridgehead atoms. The van der Waals surface area contributed by atoms with Crippen LogP contribution in [0, 0.1) is 11.8 Å². The van der Waals surface area contributed by atoms with Crippen LogP contribution in [0.25, 0.3) is 10.9 Å². The van der Waals surface area contributed by atoms with Crippen LogP contribution in [0.1, 0.15) is 44.9 Å². The van der Waals surface area contributed by atoms with E-state index >= 15 is 0 Å². The number of nitrogens with zero attached hydrogens (tertiary/aromatic N) is 6. The number of ether oxygens (including phenoxy) is 2. The van der Waals surface area contributed by atoms with E-state index in [4.69, 9.17) is 25.9 Å². The number of aryl methyl sites for hydroxylation is 1. The van der Waals surface area contributed by atoms with Crippen molar-refractivity contribution < 1.29 is 37.4 Å². The fourth-order valence-electron chi connectivity index (χ4n) is 5.49. The SMILES string of the molecule is COc1nc2ccc(C(O)(c3cnnn3C)C3CN(C(=O)OC(C)(C)C)C3)cc2c(Cl)c1ON1CCC(C(F)(F)F)CC1. The maximum absolute atomic E-state index is 13.2. The van der Waals surface area contributed by atoms with Crippen molar-refractivity contribution in [2.75, 3.05) is 33.3 Å². The fourth-order valence-corrected chi connectivity index (χ4v) is 5.76. The molecule has 1 amide bonds. The van der Waals surface area contributed by atoms with Gasteiger partial charge in [0.1, 0.15) is 16.2 Å². The minimum absolute atomic E-state index is 0.0464. The lowest BCUT2D eigenvalue weighted by Gasteiger charge is -2.47. The molecule has 0 radical (unpaired) electrons. The molecule has 0 spiro atoms. The van der Waals surface area contributed by atoms with E-state index in [1.165, 1.54) is 28.0 Å². The number of piperidine rings is 1. The van der Waals surface area contributed by atoms with Crippen LogP contribution in [0.4, 0.5) is 18.0 Å². The number of likely N-dealkylation sites (tertiary alicyclic amines) is 1. The second-order valence-corrected chi connectivity index (χ2v) is 12.3. The Kier molecular flexibility index (Phi) is 8.16. The molecule has 1 N–H and O–H groups in total. The number of halogens is 4. The topological polar surface area (TPSA) is 115 Å². The fraction of sp³-hybridized carbons (Fsp3) is 0.571. The van der Waals surface area contributed by atoms with E-state index in [-0.39, 0.29) is 55.7 Å². The standard InChI is InChI=1S/C28H34ClF3N6O5/c1-26(2,3)42-25(39)37-14-18(15-37)27(40,21-13-33-35-36(21)4)17-6-7-20-19(12-17)22(29)23(24(34-20)41-5)43-38-10-8-16(9-11-38)28(30,31)32/h6-7,12-13,16,18,40H,8-11,14-15H2,1-5H3. The lowest BCUT2D eigenvalue weighted by molar-refractivity contribution is -0.199. The minimum Gasteiger partial charge on any atom is -0.478 e. The van der Waals surface area contributed by atoms with Gasteiger partial charge in [-0.2, -0.15) is 13.2 Å². The number of methoxy groups -OCH3 is 1. The Morgan fingerprint density at radius 2 is 1.79 bits per heavy atom. The van der Waals surface area contributed by atoms with Crippen molar-refractivity contribution in [3.8, 4) is 11.6 Å². The minimum atomic E-state index is -4.26. The third kappa shape index (κ3) is 6.04. The molecular formula is C28H34ClF3N6O5. The van der Waals surface area contributed by atoms with Crippen molar-refractivity contribution in [2.45, 2.75) is 51.0 Å². The van der Waals surface area contributed by atoms with Crippen molar-refractivity contribution in [1.29, 1.82) is 0 Å². The maximum atomic E-state index is 13.2. The van der Waals surface area contributed by atoms with Gasteiger partial charge in [0.15, 0.2) is 0 Å². The summed E-state index contributed by atoms with van der Waals surface area (Å²) in [7, 11) is 3.05. The first-order chi connectivity index (χ1) is 20.1. The zero-order valence-electron chi connectivity index (χ0n) is 24.5. The average Bonchev–Trinajstić information content (AvgIpc) is 3.34. The average molecular weight is 627 g/mol. The molecule has 11 nitrogen and oxygen atoms in total. The summed E-state index contributed by atoms with van der Waals surface area (Å²) in [6, 6.07) is 5.06. The van der Waals surface area contributed by atoms with Gasteiger partial charge >= 0.3 is 12.3 Å². The predicted octanol–water partition coefficient (Wildman–Crippen LogP) is 4.70. The van der Waals surface area contributed by atoms with Gasteiger partial charge in [-0.15, -0.1) is 10.2 Å². The molecule has 234 valence electrons. The van der Waals surface area contributed by atoms with Crippen LogP contribution in [0.15, 0.2) is 24.4 Å². The number of carbonyl (C=O) groups excluding carboxylic acids is 1. The number of amides is 1. The van der Waals surface area contributed by atoms with Gasteiger partial charge in [0, 0.05) is 44.5 Å². The van der Waals surface area contributed by atoms with E-state index in [1.54, 1.807) is 46.0 Å². The van der Waals surface area contributed by atoms with Gasteiger partial charge in [0.2, 0.25) is 5.75 Å². The maximum Gasteiger partial charge on any atom is 0.410 e. The number of aromatic nitrogens is 4. The van der Waals surface area contributed by atoms with Crippen LogP contribution >= 0.6 is 11.6 Å². The normalized spacial score (nSPS) is 18.8. The number of hydroxylamine groups is 2. The number of alkyl halides is 3. The molecule has 2 fully saturated rings. The molecule has 0 aliphatic carbocycles. The molecule has 43 heavy (non-hydrogen) atoms. The molecule has 1 aromatic carbocycles. The molecule has 0 saturated carbocycles. The molecule has 2 aromatic heterocycles. The van der Waals surface area contributed by atoms with Crippen molar-refractivity contribution in [3.63, 3.8) is 0 Å². The highest BCUT2D eigenvalue weighted by atomic mass is 35.5. The van der Waals surface area contributed by atoms with Crippen molar-refractivity contribution >= 4 is 28.6 Å². The van der Waals surface area contributed by atoms with E-state index in [9.17, 15) is 23.1 Å². The number of fused-ring (bicyclic) bond motifs is 1. The summed E-state index contributed by atoms with van der Waals surface area (Å²) in [4.78, 5) is 24.6. The first-order valence-corrected chi connectivity index (χ1v) is 14.2. The number of pyridine rings is 1. The van der Waals surface area contributed by atoms with E-state index < -0.39 is 35.3 Å². The molecular weight excluding hydrogens is 593 g/mol. The number of aliphatic hydroxyl groups is 1. The van der Waals surface area contributed by atoms with Crippen LogP contribution in [-0.4, -0.2) is 86.2 Å². The summed E-state index contributed by atoms with van der Waals surface area (Å²) in [5.41, 5.74) is -0.994. The summed E-state index contributed by atoms with van der Waals surface area (Å²) in [6.45, 7) is 5.87. The van der Waals surface area contributed by atoms with Gasteiger partial charge in [0.05, 0.1) is 30.4 Å². The number of benzene rings is 1. The van der Waals surface area contributed by atoms with Crippen LogP contribution in [0.3, 0.4) is 0 Å². The lowest BCUT2D eigenvalue weighted by atomic mass is 9.74. The van der Waals surface area contributed by atoms with Gasteiger partial charge in [0.25, 0.3) is 5.88 Å². The van der Waals surface area contributed by atoms with E-state index in [0.29, 0.717) is 22.2 Å². The monoisotopic (exact) mass is 626 g/mol. The van der Waals surface area contributed by atoms with Crippen LogP contribution < -0.4 is 9.57 Å². The summed E-state index contributed by atoms with van der Waals surface area (Å²) >= 11 is 6.85. The Bertz CT molecular complexity index is 1500. The summed E-state index contributed by atoms with van der Waals surface area (Å²) in [6.07, 6.45) is -3.49. The van der Waals surface area contributed by atoms with E-state index in [0.717, 1.165) is 0 Å². The number of carbonyl (C=O) groups is 1. The molecule has 15 heteroatoms. The predicted molar refractivity (Wildman–Crippen MR) is 150 cm³/mol. The second-order valence-electron chi connectivity index (χ2n) is 11.9. The van der Waals surface area contributed by atoms with E-state index in [1.807, 2.05) is 0 Å². The smallest absolute Gasteiger partial charge is 0.410 e. The molecule has 1 atom stereocenters. The number of hydrogen-bond donors (Lipinski definition) is 1. The molecule has 2 saturated heterocycles. The largest absolute Gasteiger partial charge is 0.478 e. The third-order valence-electron chi connectivity index (χ3n) is 7.85. The molecule has 3 aromatic rings. The Morgan fingerprint density at radius 1 is 1.12 bits per heavy atom. The molecule has 4 heterocycles. The Balaban J connectivity index is 1.48. The zero-order chi connectivity index (χ0) is 31.3. The van der Waals surface area contributed by atoms with Crippen LogP contribution in [-0.2, 0) is 17.4 Å². The van der Waals surface area contributed by atoms with E-state index in [2.05, 4.69) is 15.3 Å². The highest BCUT2D eigenvalue weighted by Gasteiger charge is 2.50. The first-order valence-electron chi connectivity index (χ1n) is 13.8. The van der Waals surface area contributed by atoms with Gasteiger partial charge < -0.3 is 24.3 Å². The highest BCUT2D eigenvalue weighted by molar-refractivity contribution is 6.37. The second kappa shape index (κ2) is 11.3. The molecule has 2 aliphatic heterocycles. The zero-order valence-corrected chi connectivity index (χ0v) is 25.2. The molecule has 2 aliphatic rings. The molecule has 1 unspecified atom stereocenters. The first kappa shape index (κ1) is 31.1. The summed E-state index contributed by atoms with van der Waals surface area (Å²) in [5.74, 6) is -1.70. The van der Waals surface area contributed by atoms with Crippen molar-refractivity contribution in [1.82, 2.24) is 29.9 Å². The summed E-state index contributed by atoms with van der Waals surface area (Å²) < 4.78 is 51.8. The van der Waals surface area contributed by atoms with Gasteiger partial charge in [-0.1, -0.05) is 22.9 Å². The lowest BCUT2D eigenvalue weighted by Crippen LogP contribution is -2.59. The highest BCUT2D eigenvalue weighted by Crippen LogP contribution is 2.45. The van der Waals surface area contributed by atoms with Gasteiger partial charge in [-0.05, 0) is 51.3 Å². The van der Waals surface area contributed by atoms with Crippen molar-refractivity contribution in [2.24, 2.45) is 18.9 Å².